The van der Waals surface area contributed by atoms with Gasteiger partial charge in [0.1, 0.15) is 0 Å². The van der Waals surface area contributed by atoms with Gasteiger partial charge in [-0.25, -0.2) is 0 Å². The maximum Gasteiger partial charge on any atom is 0.294 e. The highest BCUT2D eigenvalue weighted by atomic mass is 16.7. The molecule has 6 nitrogen and oxygen atoms in total. The Bertz CT molecular complexity index is 1120. The van der Waals surface area contributed by atoms with Crippen molar-refractivity contribution in [2.24, 2.45) is 5.41 Å². The van der Waals surface area contributed by atoms with Gasteiger partial charge in [0.2, 0.25) is 6.79 Å². The number of hydrogen-bond acceptors (Lipinski definition) is 5. The lowest BCUT2D eigenvalue weighted by Gasteiger charge is -2.29. The van der Waals surface area contributed by atoms with E-state index in [1.807, 2.05) is 24.3 Å². The van der Waals surface area contributed by atoms with E-state index < -0.39 is 23.1 Å². The molecule has 0 fully saturated rings. The van der Waals surface area contributed by atoms with Crippen molar-refractivity contribution in [2.75, 3.05) is 11.7 Å². The maximum absolute atomic E-state index is 13.4. The van der Waals surface area contributed by atoms with Gasteiger partial charge >= 0.3 is 0 Å². The van der Waals surface area contributed by atoms with Crippen LogP contribution < -0.4 is 14.4 Å². The molecule has 0 spiro atoms. The van der Waals surface area contributed by atoms with Crippen molar-refractivity contribution >= 4 is 17.4 Å². The lowest BCUT2D eigenvalue weighted by atomic mass is 9.81. The molecule has 0 bridgehead atoms. The Balaban J connectivity index is 1.86. The third kappa shape index (κ3) is 3.64. The molecule has 2 aliphatic heterocycles. The van der Waals surface area contributed by atoms with Crippen LogP contribution in [0.25, 0.3) is 0 Å². The monoisotopic (exact) mass is 435 g/mol. The largest absolute Gasteiger partial charge is 0.503 e. The Morgan fingerprint density at radius 2 is 1.59 bits per heavy atom. The zero-order valence-electron chi connectivity index (χ0n) is 19.4. The van der Waals surface area contributed by atoms with Crippen molar-refractivity contribution in [2.45, 2.75) is 53.0 Å². The van der Waals surface area contributed by atoms with E-state index in [-0.39, 0.29) is 23.6 Å². The molecule has 2 aliphatic rings. The van der Waals surface area contributed by atoms with Crippen LogP contribution in [0.2, 0.25) is 0 Å². The minimum atomic E-state index is -0.766. The van der Waals surface area contributed by atoms with Crippen LogP contribution >= 0.6 is 0 Å². The van der Waals surface area contributed by atoms with Crippen molar-refractivity contribution < 1.29 is 24.2 Å². The molecule has 1 unspecified atom stereocenters. The zero-order valence-corrected chi connectivity index (χ0v) is 19.4. The summed E-state index contributed by atoms with van der Waals surface area (Å²) >= 11 is 0. The van der Waals surface area contributed by atoms with Crippen molar-refractivity contribution in [1.29, 1.82) is 0 Å². The van der Waals surface area contributed by atoms with E-state index in [4.69, 9.17) is 9.47 Å². The second kappa shape index (κ2) is 7.40. The number of ether oxygens (including phenoxy) is 2. The zero-order chi connectivity index (χ0) is 23.4. The van der Waals surface area contributed by atoms with E-state index in [1.165, 1.54) is 4.90 Å². The molecule has 2 aromatic rings. The number of amides is 1. The first-order chi connectivity index (χ1) is 14.9. The summed E-state index contributed by atoms with van der Waals surface area (Å²) in [5.41, 5.74) is 1.72. The lowest BCUT2D eigenvalue weighted by molar-refractivity contribution is -0.123. The molecular weight excluding hydrogens is 406 g/mol. The van der Waals surface area contributed by atoms with E-state index in [0.717, 1.165) is 11.1 Å². The highest BCUT2D eigenvalue weighted by Gasteiger charge is 2.47. The minimum absolute atomic E-state index is 0.0386. The number of rotatable bonds is 3. The Morgan fingerprint density at radius 3 is 2.19 bits per heavy atom. The normalized spacial score (nSPS) is 18.5. The topological polar surface area (TPSA) is 76.1 Å². The SMILES string of the molecule is CC(C)(C)C(=O)C1=C(O)C(=O)N(c2ccc3c(c2)OCO3)C1c1ccc(C(C)(C)C)cc1. The number of anilines is 1. The average Bonchev–Trinajstić information content (AvgIpc) is 3.28. The highest BCUT2D eigenvalue weighted by molar-refractivity contribution is 6.17. The molecule has 0 saturated heterocycles. The molecule has 32 heavy (non-hydrogen) atoms. The molecule has 4 rings (SSSR count). The van der Waals surface area contributed by atoms with Gasteiger partial charge < -0.3 is 14.6 Å². The number of carbonyl (C=O) groups is 2. The number of nitrogens with zero attached hydrogens (tertiary/aromatic N) is 1. The van der Waals surface area contributed by atoms with Crippen LogP contribution in [0, 0.1) is 5.41 Å². The molecule has 0 aliphatic carbocycles. The van der Waals surface area contributed by atoms with Crippen molar-refractivity contribution in [3.8, 4) is 11.5 Å². The molecule has 0 saturated carbocycles. The van der Waals surface area contributed by atoms with E-state index in [1.54, 1.807) is 39.0 Å². The maximum atomic E-state index is 13.4. The number of carbonyl (C=O) groups excluding carboxylic acids is 2. The predicted octanol–water partition coefficient (Wildman–Crippen LogP) is 5.23. The fourth-order valence-corrected chi connectivity index (χ4v) is 4.02. The number of aliphatic hydroxyl groups excluding tert-OH is 1. The number of aliphatic hydroxyl groups is 1. The van der Waals surface area contributed by atoms with Crippen LogP contribution in [0.3, 0.4) is 0 Å². The van der Waals surface area contributed by atoms with E-state index in [9.17, 15) is 14.7 Å². The lowest BCUT2D eigenvalue weighted by Crippen LogP contribution is -2.32. The fraction of sp³-hybridized carbons (Fsp3) is 0.385. The van der Waals surface area contributed by atoms with Crippen molar-refractivity contribution in [1.82, 2.24) is 0 Å². The van der Waals surface area contributed by atoms with Crippen LogP contribution in [0.5, 0.6) is 11.5 Å². The summed E-state index contributed by atoms with van der Waals surface area (Å²) in [7, 11) is 0. The van der Waals surface area contributed by atoms with Gasteiger partial charge in [-0.2, -0.15) is 0 Å². The molecular formula is C26H29NO5. The summed E-state index contributed by atoms with van der Waals surface area (Å²) in [6.07, 6.45) is 0. The summed E-state index contributed by atoms with van der Waals surface area (Å²) in [6.45, 7) is 11.8. The second-order valence-electron chi connectivity index (χ2n) is 10.3. The first-order valence-electron chi connectivity index (χ1n) is 10.7. The van der Waals surface area contributed by atoms with Crippen LogP contribution in [0.15, 0.2) is 53.8 Å². The fourth-order valence-electron chi connectivity index (χ4n) is 4.02. The van der Waals surface area contributed by atoms with Crippen LogP contribution in [-0.4, -0.2) is 23.6 Å². The second-order valence-corrected chi connectivity index (χ2v) is 10.3. The minimum Gasteiger partial charge on any atom is -0.503 e. The van der Waals surface area contributed by atoms with Crippen LogP contribution in [0.1, 0.15) is 58.7 Å². The molecule has 1 N–H and O–H groups in total. The van der Waals surface area contributed by atoms with Crippen LogP contribution in [0.4, 0.5) is 5.69 Å². The third-order valence-electron chi connectivity index (χ3n) is 5.86. The molecule has 6 heteroatoms. The van der Waals surface area contributed by atoms with Gasteiger partial charge in [0.05, 0.1) is 11.6 Å². The number of hydrogen-bond donors (Lipinski definition) is 1. The van der Waals surface area contributed by atoms with Gasteiger partial charge in [-0.15, -0.1) is 0 Å². The van der Waals surface area contributed by atoms with E-state index in [0.29, 0.717) is 17.2 Å². The molecule has 2 heterocycles. The van der Waals surface area contributed by atoms with Crippen molar-refractivity contribution in [3.63, 3.8) is 0 Å². The van der Waals surface area contributed by atoms with Gasteiger partial charge in [0.15, 0.2) is 23.0 Å². The molecule has 1 amide bonds. The summed E-state index contributed by atoms with van der Waals surface area (Å²) in [4.78, 5) is 28.1. The number of fused-ring (bicyclic) bond motifs is 1. The summed E-state index contributed by atoms with van der Waals surface area (Å²) < 4.78 is 10.9. The molecule has 168 valence electrons. The Hall–Kier alpha value is -3.28. The number of ketones is 1. The van der Waals surface area contributed by atoms with E-state index in [2.05, 4.69) is 20.8 Å². The third-order valence-corrected chi connectivity index (χ3v) is 5.86. The molecule has 1 atom stereocenters. The highest BCUT2D eigenvalue weighted by Crippen LogP contribution is 2.46. The van der Waals surface area contributed by atoms with E-state index >= 15 is 0 Å². The molecule has 2 aromatic carbocycles. The van der Waals surface area contributed by atoms with Crippen LogP contribution in [-0.2, 0) is 15.0 Å². The van der Waals surface area contributed by atoms with Gasteiger partial charge in [-0.3, -0.25) is 14.5 Å². The summed E-state index contributed by atoms with van der Waals surface area (Å²) in [5, 5.41) is 10.8. The van der Waals surface area contributed by atoms with Crippen molar-refractivity contribution in [3.05, 3.63) is 64.9 Å². The summed E-state index contributed by atoms with van der Waals surface area (Å²) in [6, 6.07) is 12.3. The Kier molecular flexibility index (Phi) is 5.07. The molecule has 0 aromatic heterocycles. The van der Waals surface area contributed by atoms with Gasteiger partial charge in [-0.05, 0) is 28.7 Å². The predicted molar refractivity (Wildman–Crippen MR) is 122 cm³/mol. The Morgan fingerprint density at radius 1 is 0.969 bits per heavy atom. The Labute approximate surface area is 188 Å². The quantitative estimate of drug-likeness (QED) is 0.715. The standard InChI is InChI=1S/C26H29NO5/c1-25(2,3)16-9-7-15(8-10-16)21-20(23(29)26(4,5)6)22(28)24(30)27(21)17-11-12-18-19(13-17)32-14-31-18/h7-13,21,28H,14H2,1-6H3. The number of Topliss-reactive ketones (excluding diaryl/α,β-unsaturated/α-hetero) is 1. The molecule has 0 radical (unpaired) electrons. The van der Waals surface area contributed by atoms with Gasteiger partial charge in [0.25, 0.3) is 5.91 Å². The van der Waals surface area contributed by atoms with Gasteiger partial charge in [-0.1, -0.05) is 65.8 Å². The van der Waals surface area contributed by atoms with Gasteiger partial charge in [0, 0.05) is 17.2 Å². The first-order valence-corrected chi connectivity index (χ1v) is 10.7. The average molecular weight is 436 g/mol. The number of benzene rings is 2. The summed E-state index contributed by atoms with van der Waals surface area (Å²) in [5.74, 6) is -0.271. The first kappa shape index (κ1) is 21.9. The smallest absolute Gasteiger partial charge is 0.294 e.